The normalized spacial score (nSPS) is 11.0. The Labute approximate surface area is 176 Å². The highest BCUT2D eigenvalue weighted by Crippen LogP contribution is 2.35. The Morgan fingerprint density at radius 1 is 0.871 bits per heavy atom. The van der Waals surface area contributed by atoms with Crippen LogP contribution in [0.3, 0.4) is 0 Å². The highest BCUT2D eigenvalue weighted by atomic mass is 16.5. The van der Waals surface area contributed by atoms with E-state index in [2.05, 4.69) is 15.2 Å². The van der Waals surface area contributed by atoms with Crippen LogP contribution in [0, 0.1) is 0 Å². The molecule has 0 aliphatic rings. The number of hydrogen-bond acceptors (Lipinski definition) is 7. The third-order valence-electron chi connectivity index (χ3n) is 4.99. The summed E-state index contributed by atoms with van der Waals surface area (Å²) in [5.74, 6) is -0.859. The van der Waals surface area contributed by atoms with Crippen LogP contribution in [0.25, 0.3) is 44.3 Å². The fraction of sp³-hybridized carbons (Fsp3) is 0.0417. The summed E-state index contributed by atoms with van der Waals surface area (Å²) in [6, 6.07) is 22.1. The second kappa shape index (κ2) is 7.46. The molecule has 0 unspecified atom stereocenters. The lowest BCUT2D eigenvalue weighted by Gasteiger charge is -2.11. The predicted molar refractivity (Wildman–Crippen MR) is 116 cm³/mol. The number of benzene rings is 3. The molecule has 0 saturated carbocycles. The molecule has 0 aliphatic heterocycles. The predicted octanol–water partition coefficient (Wildman–Crippen LogP) is 4.25. The van der Waals surface area contributed by atoms with Crippen molar-refractivity contribution in [1.29, 1.82) is 0 Å². The Kier molecular flexibility index (Phi) is 4.48. The van der Waals surface area contributed by atoms with Crippen molar-refractivity contribution in [3.63, 3.8) is 0 Å². The van der Waals surface area contributed by atoms with Crippen LogP contribution in [0.15, 0.2) is 82.0 Å². The maximum atomic E-state index is 12.5. The Morgan fingerprint density at radius 2 is 1.65 bits per heavy atom. The minimum absolute atomic E-state index is 0.164. The van der Waals surface area contributed by atoms with E-state index in [0.29, 0.717) is 27.9 Å². The molecule has 0 amide bonds. The number of aromatic nitrogens is 3. The van der Waals surface area contributed by atoms with Gasteiger partial charge in [-0.25, -0.2) is 14.6 Å². The Bertz CT molecular complexity index is 1510. The standard InChI is InChI=1S/C24H15N3O4/c1-30-24(29)23-25-20(15-8-3-2-4-9-15)21(26-27-23)18-13-19(28)31-22-16-10-6-5-7-14(16)11-12-17(18)22/h2-13H,1H3. The molecule has 150 valence electrons. The summed E-state index contributed by atoms with van der Waals surface area (Å²) < 4.78 is 10.3. The maximum Gasteiger partial charge on any atom is 0.378 e. The molecule has 0 fully saturated rings. The SMILES string of the molecule is COC(=O)c1nnc(-c2cc(=O)oc3c2ccc2ccccc23)c(-c2ccccc2)n1. The molecular weight excluding hydrogens is 394 g/mol. The van der Waals surface area contributed by atoms with E-state index in [1.165, 1.54) is 13.2 Å². The molecule has 3 aromatic carbocycles. The zero-order valence-corrected chi connectivity index (χ0v) is 16.4. The molecule has 7 heteroatoms. The number of hydrogen-bond donors (Lipinski definition) is 0. The maximum absolute atomic E-state index is 12.5. The number of esters is 1. The van der Waals surface area contributed by atoms with E-state index in [1.54, 1.807) is 0 Å². The fourth-order valence-corrected chi connectivity index (χ4v) is 3.57. The summed E-state index contributed by atoms with van der Waals surface area (Å²) >= 11 is 0. The van der Waals surface area contributed by atoms with Crippen molar-refractivity contribution >= 4 is 27.7 Å². The van der Waals surface area contributed by atoms with E-state index < -0.39 is 11.6 Å². The fourth-order valence-electron chi connectivity index (χ4n) is 3.57. The van der Waals surface area contributed by atoms with Crippen molar-refractivity contribution < 1.29 is 13.9 Å². The van der Waals surface area contributed by atoms with Gasteiger partial charge in [0.25, 0.3) is 5.82 Å². The smallest absolute Gasteiger partial charge is 0.378 e. The molecule has 0 aliphatic carbocycles. The van der Waals surface area contributed by atoms with E-state index in [9.17, 15) is 9.59 Å². The average molecular weight is 409 g/mol. The van der Waals surface area contributed by atoms with E-state index in [4.69, 9.17) is 9.15 Å². The number of nitrogens with zero attached hydrogens (tertiary/aromatic N) is 3. The summed E-state index contributed by atoms with van der Waals surface area (Å²) in [6.45, 7) is 0. The highest BCUT2D eigenvalue weighted by molar-refractivity contribution is 6.09. The highest BCUT2D eigenvalue weighted by Gasteiger charge is 2.21. The first-order chi connectivity index (χ1) is 15.2. The Balaban J connectivity index is 1.86. The van der Waals surface area contributed by atoms with Crippen LogP contribution in [0.5, 0.6) is 0 Å². The number of carbonyl (C=O) groups excluding carboxylic acids is 1. The molecule has 0 saturated heterocycles. The summed E-state index contributed by atoms with van der Waals surface area (Å²) in [5, 5.41) is 10.7. The van der Waals surface area contributed by atoms with Crippen LogP contribution in [0.1, 0.15) is 10.6 Å². The third-order valence-corrected chi connectivity index (χ3v) is 4.99. The molecule has 0 bridgehead atoms. The van der Waals surface area contributed by atoms with Crippen molar-refractivity contribution in [2.24, 2.45) is 0 Å². The number of methoxy groups -OCH3 is 1. The van der Waals surface area contributed by atoms with Crippen molar-refractivity contribution in [3.8, 4) is 22.5 Å². The zero-order valence-electron chi connectivity index (χ0n) is 16.4. The summed E-state index contributed by atoms with van der Waals surface area (Å²) in [4.78, 5) is 28.9. The van der Waals surface area contributed by atoms with Gasteiger partial charge in [0.2, 0.25) is 0 Å². The number of rotatable bonds is 3. The number of carbonyl (C=O) groups is 1. The topological polar surface area (TPSA) is 95.2 Å². The van der Waals surface area contributed by atoms with E-state index in [1.807, 2.05) is 66.7 Å². The molecule has 0 atom stereocenters. The summed E-state index contributed by atoms with van der Waals surface area (Å²) in [6.07, 6.45) is 0. The zero-order chi connectivity index (χ0) is 21.4. The van der Waals surface area contributed by atoms with Gasteiger partial charge >= 0.3 is 11.6 Å². The van der Waals surface area contributed by atoms with Crippen LogP contribution < -0.4 is 5.63 Å². The van der Waals surface area contributed by atoms with Gasteiger partial charge in [0.15, 0.2) is 0 Å². The molecule has 5 rings (SSSR count). The van der Waals surface area contributed by atoms with E-state index >= 15 is 0 Å². The largest absolute Gasteiger partial charge is 0.463 e. The molecule has 0 spiro atoms. The quantitative estimate of drug-likeness (QED) is 0.250. The molecule has 0 N–H and O–H groups in total. The van der Waals surface area contributed by atoms with Gasteiger partial charge in [-0.1, -0.05) is 60.7 Å². The van der Waals surface area contributed by atoms with Crippen molar-refractivity contribution in [2.75, 3.05) is 7.11 Å². The van der Waals surface area contributed by atoms with Crippen LogP contribution in [0.2, 0.25) is 0 Å². The van der Waals surface area contributed by atoms with Crippen LogP contribution in [0.4, 0.5) is 0 Å². The van der Waals surface area contributed by atoms with Crippen molar-refractivity contribution in [1.82, 2.24) is 15.2 Å². The van der Waals surface area contributed by atoms with E-state index in [-0.39, 0.29) is 5.82 Å². The van der Waals surface area contributed by atoms with Crippen LogP contribution in [-0.2, 0) is 4.74 Å². The van der Waals surface area contributed by atoms with Gasteiger partial charge in [0.05, 0.1) is 7.11 Å². The lowest BCUT2D eigenvalue weighted by Crippen LogP contribution is -2.11. The number of fused-ring (bicyclic) bond motifs is 3. The van der Waals surface area contributed by atoms with Crippen molar-refractivity contribution in [2.45, 2.75) is 0 Å². The van der Waals surface area contributed by atoms with Gasteiger partial charge in [-0.3, -0.25) is 0 Å². The average Bonchev–Trinajstić information content (AvgIpc) is 2.83. The Morgan fingerprint density at radius 3 is 2.45 bits per heavy atom. The van der Waals surface area contributed by atoms with Gasteiger partial charge in [0.1, 0.15) is 17.0 Å². The van der Waals surface area contributed by atoms with Crippen molar-refractivity contribution in [3.05, 3.63) is 89.0 Å². The minimum Gasteiger partial charge on any atom is -0.463 e. The van der Waals surface area contributed by atoms with Gasteiger partial charge in [0, 0.05) is 28.0 Å². The summed E-state index contributed by atoms with van der Waals surface area (Å²) in [5.41, 5.74) is 1.96. The van der Waals surface area contributed by atoms with Gasteiger partial charge in [-0.05, 0) is 11.5 Å². The first-order valence-electron chi connectivity index (χ1n) is 9.50. The second-order valence-corrected chi connectivity index (χ2v) is 6.83. The van der Waals surface area contributed by atoms with Crippen LogP contribution in [-0.4, -0.2) is 28.3 Å². The third kappa shape index (κ3) is 3.22. The summed E-state index contributed by atoms with van der Waals surface area (Å²) in [7, 11) is 1.25. The van der Waals surface area contributed by atoms with Gasteiger partial charge in [-0.2, -0.15) is 0 Å². The van der Waals surface area contributed by atoms with Gasteiger partial charge < -0.3 is 9.15 Å². The lowest BCUT2D eigenvalue weighted by molar-refractivity contribution is 0.0585. The van der Waals surface area contributed by atoms with E-state index in [0.717, 1.165) is 16.3 Å². The molecular formula is C24H15N3O4. The minimum atomic E-state index is -0.695. The first kappa shape index (κ1) is 18.6. The van der Waals surface area contributed by atoms with Gasteiger partial charge in [-0.15, -0.1) is 10.2 Å². The van der Waals surface area contributed by atoms with Crippen LogP contribution >= 0.6 is 0 Å². The first-order valence-corrected chi connectivity index (χ1v) is 9.50. The molecule has 31 heavy (non-hydrogen) atoms. The Hall–Kier alpha value is -4.39. The molecule has 2 aromatic heterocycles. The lowest BCUT2D eigenvalue weighted by atomic mass is 9.99. The monoisotopic (exact) mass is 409 g/mol. The number of ether oxygens (including phenoxy) is 1. The molecule has 2 heterocycles. The molecule has 0 radical (unpaired) electrons. The molecule has 5 aromatic rings. The second-order valence-electron chi connectivity index (χ2n) is 6.83. The molecule has 7 nitrogen and oxygen atoms in total.